The zero-order valence-corrected chi connectivity index (χ0v) is 25.5. The minimum atomic E-state index is -0.727. The molecule has 6 heteroatoms. The molecule has 3 unspecified atom stereocenters. The molecular formula is C30H26O4Y2-2. The number of aldehydes is 1. The van der Waals surface area contributed by atoms with E-state index in [1.807, 2.05) is 60.7 Å². The van der Waals surface area contributed by atoms with Gasteiger partial charge in [-0.1, -0.05) is 71.8 Å². The van der Waals surface area contributed by atoms with Gasteiger partial charge in [0.25, 0.3) is 0 Å². The zero-order valence-electron chi connectivity index (χ0n) is 19.8. The fourth-order valence-corrected chi connectivity index (χ4v) is 4.27. The smallest absolute Gasteiger partial charge is 0.194 e. The van der Waals surface area contributed by atoms with E-state index in [2.05, 4.69) is 24.3 Å². The van der Waals surface area contributed by atoms with Crippen molar-refractivity contribution < 1.29 is 85.2 Å². The molecule has 5 rings (SSSR count). The van der Waals surface area contributed by atoms with Crippen molar-refractivity contribution in [3.8, 4) is 11.5 Å². The van der Waals surface area contributed by atoms with Crippen molar-refractivity contribution in [2.45, 2.75) is 31.0 Å². The number of benzene rings is 4. The van der Waals surface area contributed by atoms with Crippen molar-refractivity contribution in [3.05, 3.63) is 131 Å². The molecule has 4 aromatic carbocycles. The Bertz CT molecular complexity index is 1200. The van der Waals surface area contributed by atoms with Gasteiger partial charge >= 0.3 is 0 Å². The summed E-state index contributed by atoms with van der Waals surface area (Å²) in [4.78, 5) is 10.8. The van der Waals surface area contributed by atoms with E-state index >= 15 is 0 Å². The summed E-state index contributed by atoms with van der Waals surface area (Å²) in [6, 6.07) is 36.5. The summed E-state index contributed by atoms with van der Waals surface area (Å²) in [6.45, 7) is 0. The predicted molar refractivity (Wildman–Crippen MR) is 131 cm³/mol. The van der Waals surface area contributed by atoms with Crippen LogP contribution in [0.15, 0.2) is 97.1 Å². The van der Waals surface area contributed by atoms with Gasteiger partial charge in [0.15, 0.2) is 6.29 Å². The van der Waals surface area contributed by atoms with Gasteiger partial charge in [-0.25, -0.2) is 0 Å². The van der Waals surface area contributed by atoms with E-state index in [0.717, 1.165) is 28.7 Å². The summed E-state index contributed by atoms with van der Waals surface area (Å²) in [5.74, 6) is 1.05. The average molecular weight is 628 g/mol. The van der Waals surface area contributed by atoms with Crippen molar-refractivity contribution in [2.75, 3.05) is 0 Å². The summed E-state index contributed by atoms with van der Waals surface area (Å²) in [7, 11) is 0. The molecule has 0 amide bonds. The predicted octanol–water partition coefficient (Wildman–Crippen LogP) is 5.63. The van der Waals surface area contributed by atoms with E-state index in [9.17, 15) is 15.0 Å². The molecule has 2 radical (unpaired) electrons. The van der Waals surface area contributed by atoms with Crippen LogP contribution in [-0.2, 0) is 70.2 Å². The number of hydrogen-bond donors (Lipinski definition) is 2. The zero-order chi connectivity index (χ0) is 23.8. The molecule has 2 N–H and O–H groups in total. The van der Waals surface area contributed by atoms with Gasteiger partial charge < -0.3 is 19.7 Å². The molecule has 3 atom stereocenters. The normalized spacial score (nSPS) is 16.4. The number of carbonyl (C=O) groups is 1. The largest absolute Gasteiger partial charge is 0.533 e. The third-order valence-electron chi connectivity index (χ3n) is 5.91. The summed E-state index contributed by atoms with van der Waals surface area (Å²) in [6.07, 6.45) is 1.10. The van der Waals surface area contributed by atoms with Crippen LogP contribution in [0.3, 0.4) is 0 Å². The van der Waals surface area contributed by atoms with Crippen LogP contribution in [0.4, 0.5) is 0 Å². The van der Waals surface area contributed by atoms with Crippen molar-refractivity contribution in [3.63, 3.8) is 0 Å². The Morgan fingerprint density at radius 1 is 0.917 bits per heavy atom. The second-order valence-corrected chi connectivity index (χ2v) is 8.09. The Balaban J connectivity index is 0.000000240. The van der Waals surface area contributed by atoms with E-state index in [-0.39, 0.29) is 83.0 Å². The van der Waals surface area contributed by atoms with Gasteiger partial charge in [-0.3, -0.25) is 0 Å². The minimum Gasteiger partial charge on any atom is -0.533 e. The number of ether oxygens (including phenoxy) is 1. The number of phenolic OH excluding ortho intramolecular Hbond substituents is 1. The van der Waals surface area contributed by atoms with Crippen molar-refractivity contribution in [1.82, 2.24) is 0 Å². The molecule has 0 spiro atoms. The molecule has 0 saturated heterocycles. The fourth-order valence-electron chi connectivity index (χ4n) is 4.27. The van der Waals surface area contributed by atoms with Gasteiger partial charge in [0.05, 0.1) is 0 Å². The van der Waals surface area contributed by atoms with E-state index in [0.29, 0.717) is 12.8 Å². The summed E-state index contributed by atoms with van der Waals surface area (Å²) >= 11 is 0. The first-order valence-electron chi connectivity index (χ1n) is 11.2. The number of fused-ring (bicyclic) bond motifs is 1. The number of phenols is 1. The number of rotatable bonds is 5. The van der Waals surface area contributed by atoms with Gasteiger partial charge in [-0.15, -0.1) is 23.3 Å². The summed E-state index contributed by atoms with van der Waals surface area (Å²) in [5, 5.41) is 19.6. The van der Waals surface area contributed by atoms with Crippen molar-refractivity contribution in [2.24, 2.45) is 0 Å². The van der Waals surface area contributed by atoms with Gasteiger partial charge in [-0.05, 0) is 11.8 Å². The van der Waals surface area contributed by atoms with Crippen LogP contribution >= 0.6 is 0 Å². The Hall–Kier alpha value is -1.68. The number of hydrogen-bond acceptors (Lipinski definition) is 4. The van der Waals surface area contributed by atoms with Gasteiger partial charge in [0.2, 0.25) is 0 Å². The molecule has 0 aliphatic carbocycles. The minimum absolute atomic E-state index is 0. The molecule has 1 aliphatic rings. The molecule has 178 valence electrons. The molecule has 4 nitrogen and oxygen atoms in total. The van der Waals surface area contributed by atoms with E-state index < -0.39 is 6.29 Å². The molecule has 0 saturated carbocycles. The van der Waals surface area contributed by atoms with Crippen LogP contribution < -0.4 is 4.74 Å². The summed E-state index contributed by atoms with van der Waals surface area (Å²) < 4.78 is 5.42. The Morgan fingerprint density at radius 3 is 2.22 bits per heavy atom. The Kier molecular flexibility index (Phi) is 13.2. The van der Waals surface area contributed by atoms with Crippen LogP contribution in [0.1, 0.15) is 46.9 Å². The monoisotopic (exact) mass is 628 g/mol. The molecule has 0 aromatic heterocycles. The molecule has 4 aromatic rings. The first-order chi connectivity index (χ1) is 16.7. The summed E-state index contributed by atoms with van der Waals surface area (Å²) in [5.41, 5.74) is 4.07. The maximum Gasteiger partial charge on any atom is 0.194 e. The average Bonchev–Trinajstić information content (AvgIpc) is 2.89. The second-order valence-electron chi connectivity index (χ2n) is 8.09. The number of aliphatic hydroxyl groups is 1. The van der Waals surface area contributed by atoms with E-state index in [4.69, 9.17) is 4.74 Å². The van der Waals surface area contributed by atoms with Crippen LogP contribution in [0.2, 0.25) is 0 Å². The van der Waals surface area contributed by atoms with E-state index in [1.165, 1.54) is 5.56 Å². The standard InChI is InChI=1S/2C15H13O2.2Y/c16-15-10-13(11-6-2-1-3-7-11)12-8-4-5-9-14(12)17-15;16-11-10-13(12-6-2-1-3-7-12)14-8-4-5-9-15(14)17;;/h1-3,5-9,13,15-16H,10H2;1-3,5-9,11,13,17H,10H2;;/q2*-1;;. The van der Waals surface area contributed by atoms with Crippen LogP contribution in [-0.4, -0.2) is 22.8 Å². The third kappa shape index (κ3) is 7.91. The van der Waals surface area contributed by atoms with E-state index in [1.54, 1.807) is 24.3 Å². The van der Waals surface area contributed by atoms with Crippen LogP contribution in [0, 0.1) is 12.1 Å². The van der Waals surface area contributed by atoms with Gasteiger partial charge in [0.1, 0.15) is 6.29 Å². The Labute approximate surface area is 262 Å². The first-order valence-corrected chi connectivity index (χ1v) is 11.2. The maximum atomic E-state index is 10.8. The molecule has 1 aliphatic heterocycles. The first kappa shape index (κ1) is 30.5. The fraction of sp³-hybridized carbons (Fsp3) is 0.167. The SMILES string of the molecule is O=CCC(c1ccccc1)c1c[c-]ccc1O.OC1CC(c2ccccc2)c2c[c-]ccc2O1.[Y].[Y]. The second kappa shape index (κ2) is 15.5. The van der Waals surface area contributed by atoms with Gasteiger partial charge in [0, 0.05) is 89.8 Å². The van der Waals surface area contributed by atoms with Crippen molar-refractivity contribution >= 4 is 6.29 Å². The molecule has 1 heterocycles. The maximum absolute atomic E-state index is 10.8. The molecule has 0 fully saturated rings. The van der Waals surface area contributed by atoms with Crippen molar-refractivity contribution in [1.29, 1.82) is 0 Å². The number of aromatic hydroxyl groups is 1. The van der Waals surface area contributed by atoms with Crippen LogP contribution in [0.5, 0.6) is 11.5 Å². The molecule has 0 bridgehead atoms. The quantitative estimate of drug-likeness (QED) is 0.222. The Morgan fingerprint density at radius 2 is 1.56 bits per heavy atom. The van der Waals surface area contributed by atoms with Crippen LogP contribution in [0.25, 0.3) is 0 Å². The number of aliphatic hydroxyl groups excluding tert-OH is 1. The third-order valence-corrected chi connectivity index (χ3v) is 5.91. The molecule has 36 heavy (non-hydrogen) atoms. The number of carbonyl (C=O) groups excluding carboxylic acids is 1. The topological polar surface area (TPSA) is 66.8 Å². The molecular weight excluding hydrogens is 602 g/mol. The van der Waals surface area contributed by atoms with Gasteiger partial charge in [-0.2, -0.15) is 36.4 Å².